The van der Waals surface area contributed by atoms with E-state index >= 15 is 0 Å². The maximum atomic E-state index is 14.3. The molecule has 0 aromatic heterocycles. The molecule has 0 heterocycles. The molecular weight excluding hydrogens is 1530 g/mol. The van der Waals surface area contributed by atoms with Gasteiger partial charge in [-0.3, -0.25) is 43.2 Å². The third-order valence-corrected chi connectivity index (χ3v) is 16.5. The Morgan fingerprint density at radius 3 is 0.863 bits per heavy atom. The Labute approximate surface area is 694 Å². The van der Waals surface area contributed by atoms with Crippen LogP contribution in [0.1, 0.15) is 143 Å². The van der Waals surface area contributed by atoms with Crippen LogP contribution in [-0.4, -0.2) is 342 Å². The van der Waals surface area contributed by atoms with Gasteiger partial charge in [0, 0.05) is 91.7 Å². The van der Waals surface area contributed by atoms with Gasteiger partial charge in [-0.2, -0.15) is 0 Å². The standard InChI is InChI=1S/C81H147N9O27/c1-6-33-100-43-46-103-36-23-74(92)83-27-13-10-16-71(88-76(94)25-38-105-47-44-101-34-7-2)79(97)86-29-15-12-17-72(90-81(99)73(89-77(95)26-39-106-48-45-102-35-8-3)18-11-14-28-84-75(93)24-37-104-49-50-107-40-30-82-68(5)91)80(98)87-32-42-109-52-54-111-56-58-113-60-62-115-64-66-116-65-63-114-61-59-112-57-55-110-53-51-108-41-31-85-78(96)67-117-70-21-19-69(9-4)20-22-70/h19-22,71-73H,6-18,23-67H2,1-5H3,(H,82,91)(H,83,92)(H,84,93)(H,85,96)(H,86,97)(H,87,98)(H,88,94)(H,89,95)(H,90,99). The number of amides is 9. The number of ether oxygens (including phenoxy) is 18. The molecule has 36 heteroatoms. The first-order valence-corrected chi connectivity index (χ1v) is 42.2. The summed E-state index contributed by atoms with van der Waals surface area (Å²) in [6.45, 7) is 23.3. The van der Waals surface area contributed by atoms with Gasteiger partial charge in [-0.25, -0.2) is 0 Å². The van der Waals surface area contributed by atoms with Crippen molar-refractivity contribution in [2.75, 3.05) is 271 Å². The minimum absolute atomic E-state index is 0.0216. The van der Waals surface area contributed by atoms with Crippen LogP contribution in [0.2, 0.25) is 0 Å². The fraction of sp³-hybridized carbons (Fsp3) is 0.815. The average Bonchev–Trinajstić information content (AvgIpc) is 0.870. The SMILES string of the molecule is CCCOCCOCCC(=O)NCCCCC(NC(=O)CCOCCOCCC)C(=O)NCCCCC(NC(=O)C(CCCCNC(=O)CCOCCOCCNC(C)=O)NC(=O)CCOCCOCCC)C(=O)NCCOCCOCCOCCOCCOCCOCCOCCOCCOCCNC(=O)COc1ccc(CC)cc1. The first-order chi connectivity index (χ1) is 57.2. The molecule has 9 amide bonds. The zero-order valence-electron chi connectivity index (χ0n) is 71.1. The highest BCUT2D eigenvalue weighted by Gasteiger charge is 2.27. The maximum Gasteiger partial charge on any atom is 0.258 e. The van der Waals surface area contributed by atoms with Crippen LogP contribution in [0.15, 0.2) is 24.3 Å². The van der Waals surface area contributed by atoms with E-state index in [0.29, 0.717) is 236 Å². The Morgan fingerprint density at radius 1 is 0.265 bits per heavy atom. The van der Waals surface area contributed by atoms with E-state index in [1.165, 1.54) is 12.5 Å². The smallest absolute Gasteiger partial charge is 0.258 e. The van der Waals surface area contributed by atoms with Gasteiger partial charge in [-0.15, -0.1) is 0 Å². The fourth-order valence-electron chi connectivity index (χ4n) is 10.2. The summed E-state index contributed by atoms with van der Waals surface area (Å²) < 4.78 is 99.7. The highest BCUT2D eigenvalue weighted by atomic mass is 16.6. The van der Waals surface area contributed by atoms with Crippen molar-refractivity contribution in [3.8, 4) is 5.75 Å². The Morgan fingerprint density at radius 2 is 0.530 bits per heavy atom. The number of hydrogen-bond acceptors (Lipinski definition) is 27. The third kappa shape index (κ3) is 73.2. The molecule has 0 spiro atoms. The number of carbonyl (C=O) groups excluding carboxylic acids is 9. The van der Waals surface area contributed by atoms with Crippen LogP contribution < -0.4 is 52.6 Å². The Kier molecular flexibility index (Phi) is 77.2. The second-order valence-corrected chi connectivity index (χ2v) is 26.6. The summed E-state index contributed by atoms with van der Waals surface area (Å²) in [5.74, 6) is -2.42. The van der Waals surface area contributed by atoms with Crippen LogP contribution in [-0.2, 0) is 130 Å². The molecule has 0 aliphatic carbocycles. The Bertz CT molecular complexity index is 2580. The van der Waals surface area contributed by atoms with Crippen LogP contribution in [0, 0.1) is 0 Å². The van der Waals surface area contributed by atoms with E-state index in [4.69, 9.17) is 85.3 Å². The predicted octanol–water partition coefficient (Wildman–Crippen LogP) is 2.38. The molecule has 0 bridgehead atoms. The summed E-state index contributed by atoms with van der Waals surface area (Å²) >= 11 is 0. The van der Waals surface area contributed by atoms with Crippen LogP contribution in [0.25, 0.3) is 0 Å². The molecule has 36 nitrogen and oxygen atoms in total. The summed E-state index contributed by atoms with van der Waals surface area (Å²) in [5.41, 5.74) is 1.20. The van der Waals surface area contributed by atoms with Gasteiger partial charge in [-0.05, 0) is 101 Å². The highest BCUT2D eigenvalue weighted by molar-refractivity contribution is 5.92. The van der Waals surface area contributed by atoms with Crippen molar-refractivity contribution in [1.82, 2.24) is 47.9 Å². The van der Waals surface area contributed by atoms with Crippen molar-refractivity contribution in [2.24, 2.45) is 0 Å². The fourth-order valence-corrected chi connectivity index (χ4v) is 10.2. The topological polar surface area (TPSA) is 428 Å². The number of nitrogens with one attached hydrogen (secondary N) is 9. The van der Waals surface area contributed by atoms with Crippen molar-refractivity contribution < 1.29 is 128 Å². The number of aryl methyl sites for hydroxylation is 1. The summed E-state index contributed by atoms with van der Waals surface area (Å²) in [5, 5.41) is 25.5. The molecule has 9 N–H and O–H groups in total. The lowest BCUT2D eigenvalue weighted by Gasteiger charge is -2.24. The van der Waals surface area contributed by atoms with Gasteiger partial charge >= 0.3 is 0 Å². The Hall–Kier alpha value is -6.43. The minimum Gasteiger partial charge on any atom is -0.484 e. The summed E-state index contributed by atoms with van der Waals surface area (Å²) in [7, 11) is 0. The van der Waals surface area contributed by atoms with Gasteiger partial charge in [0.15, 0.2) is 6.61 Å². The number of hydrogen-bond donors (Lipinski definition) is 9. The average molecular weight is 1680 g/mol. The van der Waals surface area contributed by atoms with Gasteiger partial charge in [0.1, 0.15) is 23.9 Å². The number of unbranched alkanes of at least 4 members (excludes halogenated alkanes) is 3. The second-order valence-electron chi connectivity index (χ2n) is 26.6. The molecule has 0 fully saturated rings. The number of rotatable bonds is 88. The van der Waals surface area contributed by atoms with E-state index in [9.17, 15) is 43.2 Å². The monoisotopic (exact) mass is 1680 g/mol. The molecule has 117 heavy (non-hydrogen) atoms. The molecule has 1 rings (SSSR count). The van der Waals surface area contributed by atoms with Gasteiger partial charge in [-0.1, -0.05) is 39.8 Å². The van der Waals surface area contributed by atoms with Crippen molar-refractivity contribution in [2.45, 2.75) is 162 Å². The highest BCUT2D eigenvalue weighted by Crippen LogP contribution is 2.13. The molecule has 0 aliphatic heterocycles. The molecule has 0 saturated heterocycles. The first kappa shape index (κ1) is 109. The lowest BCUT2D eigenvalue weighted by Crippen LogP contribution is -2.54. The quantitative estimate of drug-likeness (QED) is 0.0423. The van der Waals surface area contributed by atoms with Crippen molar-refractivity contribution in [3.63, 3.8) is 0 Å². The summed E-state index contributed by atoms with van der Waals surface area (Å²) in [6.07, 6.45) is 7.14. The van der Waals surface area contributed by atoms with E-state index in [1.54, 1.807) is 0 Å². The molecule has 0 radical (unpaired) electrons. The number of carbonyl (C=O) groups is 9. The second kappa shape index (κ2) is 83.2. The zero-order valence-corrected chi connectivity index (χ0v) is 71.1. The van der Waals surface area contributed by atoms with Crippen LogP contribution >= 0.6 is 0 Å². The van der Waals surface area contributed by atoms with E-state index in [-0.39, 0.29) is 154 Å². The van der Waals surface area contributed by atoms with E-state index < -0.39 is 41.8 Å². The molecule has 1 aromatic rings. The summed E-state index contributed by atoms with van der Waals surface area (Å²) in [4.78, 5) is 117. The van der Waals surface area contributed by atoms with Crippen LogP contribution in [0.3, 0.4) is 0 Å². The maximum absolute atomic E-state index is 14.3. The number of benzene rings is 1. The van der Waals surface area contributed by atoms with Crippen molar-refractivity contribution >= 4 is 53.2 Å². The van der Waals surface area contributed by atoms with E-state index in [2.05, 4.69) is 54.8 Å². The van der Waals surface area contributed by atoms with Gasteiger partial charge in [0.05, 0.1) is 205 Å². The molecule has 0 saturated carbocycles. The minimum atomic E-state index is -1.08. The molecular formula is C81H147N9O27. The summed E-state index contributed by atoms with van der Waals surface area (Å²) in [6, 6.07) is 4.64. The van der Waals surface area contributed by atoms with Crippen molar-refractivity contribution in [3.05, 3.63) is 29.8 Å². The Balaban J connectivity index is 2.71. The van der Waals surface area contributed by atoms with E-state index in [0.717, 1.165) is 25.7 Å². The molecule has 1 aromatic carbocycles. The normalized spacial score (nSPS) is 12.0. The van der Waals surface area contributed by atoms with Crippen LogP contribution in [0.4, 0.5) is 0 Å². The molecule has 0 aliphatic rings. The largest absolute Gasteiger partial charge is 0.484 e. The zero-order chi connectivity index (χ0) is 85.0. The van der Waals surface area contributed by atoms with Gasteiger partial charge < -0.3 is 133 Å². The van der Waals surface area contributed by atoms with Gasteiger partial charge in [0.25, 0.3) is 5.91 Å². The lowest BCUT2D eigenvalue weighted by molar-refractivity contribution is -0.132. The van der Waals surface area contributed by atoms with E-state index in [1.807, 2.05) is 45.0 Å². The lowest BCUT2D eigenvalue weighted by atomic mass is 10.0. The van der Waals surface area contributed by atoms with Crippen LogP contribution in [0.5, 0.6) is 5.75 Å². The molecule has 3 atom stereocenters. The molecule has 678 valence electrons. The van der Waals surface area contributed by atoms with Gasteiger partial charge in [0.2, 0.25) is 47.3 Å². The predicted molar refractivity (Wildman–Crippen MR) is 436 cm³/mol. The van der Waals surface area contributed by atoms with Crippen molar-refractivity contribution in [1.29, 1.82) is 0 Å². The first-order valence-electron chi connectivity index (χ1n) is 42.2. The third-order valence-electron chi connectivity index (χ3n) is 16.5. The molecule has 3 unspecified atom stereocenters.